The van der Waals surface area contributed by atoms with Crippen molar-refractivity contribution in [2.45, 2.75) is 11.6 Å². The molecule has 0 radical (unpaired) electrons. The first kappa shape index (κ1) is 15.0. The number of halogens is 3. The summed E-state index contributed by atoms with van der Waals surface area (Å²) in [7, 11) is 0. The Morgan fingerprint density at radius 2 is 1.64 bits per heavy atom. The quantitative estimate of drug-likeness (QED) is 0.812. The third-order valence-corrected chi connectivity index (χ3v) is 4.63. The summed E-state index contributed by atoms with van der Waals surface area (Å²) in [6, 6.07) is 14.2. The Morgan fingerprint density at radius 3 is 2.32 bits per heavy atom. The molecule has 22 heavy (non-hydrogen) atoms. The predicted molar refractivity (Wildman–Crippen MR) is 80.6 cm³/mol. The molecule has 0 N–H and O–H groups in total. The molecule has 0 saturated carbocycles. The summed E-state index contributed by atoms with van der Waals surface area (Å²) in [5, 5.41) is -0.660. The molecule has 0 aromatic heterocycles. The van der Waals surface area contributed by atoms with Gasteiger partial charge in [-0.05, 0) is 23.8 Å². The maximum atomic E-state index is 13.2. The van der Waals surface area contributed by atoms with E-state index in [-0.39, 0.29) is 17.2 Å². The molecule has 2 aromatic rings. The lowest BCUT2D eigenvalue weighted by atomic mass is 10.1. The number of para-hydroxylation sites is 1. The number of carbonyl (C=O) groups is 1. The van der Waals surface area contributed by atoms with Crippen molar-refractivity contribution in [1.29, 1.82) is 0 Å². The topological polar surface area (TPSA) is 20.3 Å². The number of anilines is 1. The maximum absolute atomic E-state index is 13.2. The largest absolute Gasteiger partial charge is 0.416 e. The summed E-state index contributed by atoms with van der Waals surface area (Å²) in [6.07, 6.45) is -4.44. The van der Waals surface area contributed by atoms with E-state index in [2.05, 4.69) is 0 Å². The van der Waals surface area contributed by atoms with Crippen LogP contribution in [0.2, 0.25) is 0 Å². The monoisotopic (exact) mass is 323 g/mol. The fourth-order valence-electron chi connectivity index (χ4n) is 2.49. The van der Waals surface area contributed by atoms with Gasteiger partial charge in [0.05, 0.1) is 11.3 Å². The molecule has 1 saturated heterocycles. The predicted octanol–water partition coefficient (Wildman–Crippen LogP) is 4.48. The number of amides is 1. The van der Waals surface area contributed by atoms with E-state index in [1.54, 1.807) is 36.4 Å². The number of thioether (sulfide) groups is 1. The van der Waals surface area contributed by atoms with Crippen LogP contribution in [0, 0.1) is 0 Å². The summed E-state index contributed by atoms with van der Waals surface area (Å²) in [5.74, 6) is -0.00987. The first-order valence-corrected chi connectivity index (χ1v) is 7.68. The van der Waals surface area contributed by atoms with Crippen molar-refractivity contribution < 1.29 is 18.0 Å². The zero-order valence-electron chi connectivity index (χ0n) is 11.4. The van der Waals surface area contributed by atoms with Crippen molar-refractivity contribution in [3.05, 3.63) is 65.7 Å². The lowest BCUT2D eigenvalue weighted by molar-refractivity contribution is -0.138. The van der Waals surface area contributed by atoms with Gasteiger partial charge in [0.25, 0.3) is 0 Å². The zero-order valence-corrected chi connectivity index (χ0v) is 12.2. The minimum atomic E-state index is -4.44. The van der Waals surface area contributed by atoms with Gasteiger partial charge < -0.3 is 0 Å². The van der Waals surface area contributed by atoms with Crippen LogP contribution in [0.1, 0.15) is 16.5 Å². The highest BCUT2D eigenvalue weighted by atomic mass is 32.2. The van der Waals surface area contributed by atoms with Crippen LogP contribution in [0.3, 0.4) is 0 Å². The summed E-state index contributed by atoms with van der Waals surface area (Å²) in [6.45, 7) is 0. The molecule has 1 atom stereocenters. The van der Waals surface area contributed by atoms with Crippen molar-refractivity contribution in [3.63, 3.8) is 0 Å². The molecule has 114 valence electrons. The molecule has 1 aliphatic heterocycles. The molecule has 6 heteroatoms. The SMILES string of the molecule is O=C1CS[C@@H](c2ccccc2C(F)(F)F)N1c1ccccc1. The van der Waals surface area contributed by atoms with Crippen LogP contribution in [0.25, 0.3) is 0 Å². The number of nitrogens with zero attached hydrogens (tertiary/aromatic N) is 1. The average molecular weight is 323 g/mol. The molecule has 1 amide bonds. The van der Waals surface area contributed by atoms with E-state index in [1.807, 2.05) is 0 Å². The minimum Gasteiger partial charge on any atom is -0.295 e. The van der Waals surface area contributed by atoms with E-state index in [0.717, 1.165) is 6.07 Å². The normalized spacial score (nSPS) is 18.8. The molecule has 0 bridgehead atoms. The van der Waals surface area contributed by atoms with Crippen LogP contribution >= 0.6 is 11.8 Å². The third kappa shape index (κ3) is 2.70. The Labute approximate surface area is 129 Å². The molecular weight excluding hydrogens is 311 g/mol. The lowest BCUT2D eigenvalue weighted by Crippen LogP contribution is -2.29. The number of rotatable bonds is 2. The Balaban J connectivity index is 2.07. The number of alkyl halides is 3. The minimum absolute atomic E-state index is 0.120. The van der Waals surface area contributed by atoms with Crippen molar-refractivity contribution in [3.8, 4) is 0 Å². The van der Waals surface area contributed by atoms with Gasteiger partial charge in [-0.3, -0.25) is 9.69 Å². The summed E-state index contributed by atoms with van der Waals surface area (Å²) in [5.41, 5.74) is 0.0392. The second kappa shape index (κ2) is 5.68. The molecular formula is C16H12F3NOS. The van der Waals surface area contributed by atoms with Gasteiger partial charge in [0.1, 0.15) is 5.37 Å². The molecule has 0 spiro atoms. The van der Waals surface area contributed by atoms with Gasteiger partial charge in [0.2, 0.25) is 5.91 Å². The van der Waals surface area contributed by atoms with Gasteiger partial charge in [-0.1, -0.05) is 36.4 Å². The zero-order chi connectivity index (χ0) is 15.7. The van der Waals surface area contributed by atoms with E-state index in [0.29, 0.717) is 5.69 Å². The molecule has 0 unspecified atom stereocenters. The van der Waals surface area contributed by atoms with Crippen LogP contribution in [-0.2, 0) is 11.0 Å². The molecule has 3 rings (SSSR count). The summed E-state index contributed by atoms with van der Waals surface area (Å²) < 4.78 is 39.6. The van der Waals surface area contributed by atoms with Crippen LogP contribution in [-0.4, -0.2) is 11.7 Å². The Bertz CT molecular complexity index is 687. The maximum Gasteiger partial charge on any atom is 0.416 e. The van der Waals surface area contributed by atoms with Gasteiger partial charge in [-0.2, -0.15) is 13.2 Å². The second-order valence-corrected chi connectivity index (χ2v) is 5.92. The van der Waals surface area contributed by atoms with Crippen LogP contribution < -0.4 is 4.90 Å². The van der Waals surface area contributed by atoms with Crippen LogP contribution in [0.4, 0.5) is 18.9 Å². The Hall–Kier alpha value is -1.95. The molecule has 1 aliphatic rings. The van der Waals surface area contributed by atoms with Gasteiger partial charge in [-0.25, -0.2) is 0 Å². The van der Waals surface area contributed by atoms with Gasteiger partial charge >= 0.3 is 6.18 Å². The molecule has 1 heterocycles. The highest BCUT2D eigenvalue weighted by molar-refractivity contribution is 8.00. The lowest BCUT2D eigenvalue weighted by Gasteiger charge is -2.26. The number of hydrogen-bond donors (Lipinski definition) is 0. The second-order valence-electron chi connectivity index (χ2n) is 4.85. The molecule has 0 aliphatic carbocycles. The first-order valence-electron chi connectivity index (χ1n) is 6.63. The van der Waals surface area contributed by atoms with Gasteiger partial charge in [0.15, 0.2) is 0 Å². The van der Waals surface area contributed by atoms with Crippen molar-refractivity contribution in [2.24, 2.45) is 0 Å². The standard InChI is InChI=1S/C16H12F3NOS/c17-16(18,19)13-9-5-4-8-12(13)15-20(14(21)10-22-15)11-6-2-1-3-7-11/h1-9,15H,10H2/t15-/m0/s1. The third-order valence-electron chi connectivity index (χ3n) is 3.43. The number of hydrogen-bond acceptors (Lipinski definition) is 2. The van der Waals surface area contributed by atoms with E-state index >= 15 is 0 Å². The molecule has 1 fully saturated rings. The highest BCUT2D eigenvalue weighted by Crippen LogP contribution is 2.45. The van der Waals surface area contributed by atoms with Crippen LogP contribution in [0.15, 0.2) is 54.6 Å². The van der Waals surface area contributed by atoms with Crippen molar-refractivity contribution in [1.82, 2.24) is 0 Å². The van der Waals surface area contributed by atoms with E-state index in [9.17, 15) is 18.0 Å². The molecule has 2 nitrogen and oxygen atoms in total. The Morgan fingerprint density at radius 1 is 1.00 bits per heavy atom. The average Bonchev–Trinajstić information content (AvgIpc) is 2.89. The first-order chi connectivity index (χ1) is 10.5. The summed E-state index contributed by atoms with van der Waals surface area (Å²) >= 11 is 1.21. The number of benzene rings is 2. The van der Waals surface area contributed by atoms with Crippen molar-refractivity contribution in [2.75, 3.05) is 10.7 Å². The van der Waals surface area contributed by atoms with Gasteiger partial charge in [-0.15, -0.1) is 11.8 Å². The van der Waals surface area contributed by atoms with E-state index in [1.165, 1.54) is 28.8 Å². The number of carbonyl (C=O) groups excluding carboxylic acids is 1. The fraction of sp³-hybridized carbons (Fsp3) is 0.188. The summed E-state index contributed by atoms with van der Waals surface area (Å²) in [4.78, 5) is 13.6. The highest BCUT2D eigenvalue weighted by Gasteiger charge is 2.40. The molecule has 2 aromatic carbocycles. The fourth-order valence-corrected chi connectivity index (χ4v) is 3.71. The Kier molecular flexibility index (Phi) is 3.87. The van der Waals surface area contributed by atoms with E-state index < -0.39 is 17.1 Å². The smallest absolute Gasteiger partial charge is 0.295 e. The van der Waals surface area contributed by atoms with Crippen LogP contribution in [0.5, 0.6) is 0 Å². The van der Waals surface area contributed by atoms with E-state index in [4.69, 9.17) is 0 Å². The van der Waals surface area contributed by atoms with Crippen molar-refractivity contribution >= 4 is 23.4 Å². The van der Waals surface area contributed by atoms with Gasteiger partial charge in [0, 0.05) is 5.69 Å².